The van der Waals surface area contributed by atoms with E-state index in [9.17, 15) is 9.90 Å². The number of allylic oxidation sites excluding steroid dienone is 1. The summed E-state index contributed by atoms with van der Waals surface area (Å²) in [5.74, 6) is 0.0683. The first kappa shape index (κ1) is 11.7. The van der Waals surface area contributed by atoms with Gasteiger partial charge in [0.2, 0.25) is 0 Å². The third-order valence-corrected chi connectivity index (χ3v) is 3.65. The minimum atomic E-state index is -0.0646. The van der Waals surface area contributed by atoms with Gasteiger partial charge in [0.15, 0.2) is 5.78 Å². The van der Waals surface area contributed by atoms with Gasteiger partial charge in [0.1, 0.15) is 0 Å². The van der Waals surface area contributed by atoms with Crippen LogP contribution in [0.1, 0.15) is 33.8 Å². The topological polar surface area (TPSA) is 37.3 Å². The normalized spacial score (nSPS) is 20.3. The van der Waals surface area contributed by atoms with Gasteiger partial charge in [-0.3, -0.25) is 4.79 Å². The van der Waals surface area contributed by atoms with E-state index in [2.05, 4.69) is 12.1 Å². The van der Waals surface area contributed by atoms with Gasteiger partial charge in [0.25, 0.3) is 0 Å². The molecular formula is C17H14O2. The zero-order valence-electron chi connectivity index (χ0n) is 10.4. The predicted octanol–water partition coefficient (Wildman–Crippen LogP) is 3.85. The second kappa shape index (κ2) is 4.73. The van der Waals surface area contributed by atoms with Gasteiger partial charge in [0.05, 0.1) is 6.26 Å². The molecule has 0 heterocycles. The number of hydrogen-bond acceptors (Lipinski definition) is 2. The Morgan fingerprint density at radius 3 is 2.42 bits per heavy atom. The minimum absolute atomic E-state index is 0.0646. The second-order valence-electron chi connectivity index (χ2n) is 4.74. The molecule has 3 rings (SSSR count). The van der Waals surface area contributed by atoms with Crippen molar-refractivity contribution in [1.29, 1.82) is 0 Å². The zero-order chi connectivity index (χ0) is 13.2. The summed E-state index contributed by atoms with van der Waals surface area (Å²) in [4.78, 5) is 12.2. The lowest BCUT2D eigenvalue weighted by Gasteiger charge is -2.26. The van der Waals surface area contributed by atoms with Crippen molar-refractivity contribution in [2.75, 3.05) is 0 Å². The number of fused-ring (bicyclic) bond motifs is 1. The molecule has 0 bridgehead atoms. The first-order valence-electron chi connectivity index (χ1n) is 6.33. The van der Waals surface area contributed by atoms with Gasteiger partial charge < -0.3 is 5.11 Å². The van der Waals surface area contributed by atoms with Crippen LogP contribution in [0, 0.1) is 0 Å². The number of benzene rings is 2. The molecular weight excluding hydrogens is 236 g/mol. The van der Waals surface area contributed by atoms with Crippen LogP contribution in [0.5, 0.6) is 0 Å². The van der Waals surface area contributed by atoms with E-state index in [1.807, 2.05) is 42.5 Å². The fourth-order valence-electron chi connectivity index (χ4n) is 2.70. The predicted molar refractivity (Wildman–Crippen MR) is 74.4 cm³/mol. The monoisotopic (exact) mass is 250 g/mol. The average molecular weight is 250 g/mol. The molecule has 1 aliphatic rings. The number of carbonyl (C=O) groups excluding carboxylic acids is 1. The minimum Gasteiger partial charge on any atom is -0.515 e. The largest absolute Gasteiger partial charge is 0.515 e. The molecule has 0 amide bonds. The van der Waals surface area contributed by atoms with Gasteiger partial charge in [-0.05, 0) is 17.5 Å². The Hall–Kier alpha value is -2.35. The Bertz CT molecular complexity index is 641. The highest BCUT2D eigenvalue weighted by molar-refractivity contribution is 6.11. The number of ketones is 1. The van der Waals surface area contributed by atoms with E-state index in [0.717, 1.165) is 11.8 Å². The second-order valence-corrected chi connectivity index (χ2v) is 4.74. The van der Waals surface area contributed by atoms with Crippen LogP contribution in [0.2, 0.25) is 0 Å². The van der Waals surface area contributed by atoms with Gasteiger partial charge in [0, 0.05) is 17.1 Å². The van der Waals surface area contributed by atoms with E-state index in [0.29, 0.717) is 17.6 Å². The number of Topliss-reactive ketones (excluding diaryl/α,β-unsaturated/α-hetero) is 1. The lowest BCUT2D eigenvalue weighted by Crippen LogP contribution is -2.19. The van der Waals surface area contributed by atoms with E-state index in [1.165, 1.54) is 5.56 Å². The summed E-state index contributed by atoms with van der Waals surface area (Å²) in [6, 6.07) is 17.7. The highest BCUT2D eigenvalue weighted by atomic mass is 16.2. The molecule has 2 heteroatoms. The summed E-state index contributed by atoms with van der Waals surface area (Å²) in [5, 5.41) is 9.27. The molecule has 2 aromatic carbocycles. The number of aliphatic hydroxyl groups is 1. The molecule has 1 unspecified atom stereocenters. The Kier molecular flexibility index (Phi) is 2.92. The molecule has 0 fully saturated rings. The van der Waals surface area contributed by atoms with Crippen molar-refractivity contribution in [3.05, 3.63) is 83.1 Å². The van der Waals surface area contributed by atoms with Crippen LogP contribution in [-0.4, -0.2) is 10.9 Å². The lowest BCUT2D eigenvalue weighted by atomic mass is 9.76. The molecule has 2 nitrogen and oxygen atoms in total. The number of hydrogen-bond donors (Lipinski definition) is 1. The Labute approximate surface area is 112 Å². The number of rotatable bonds is 1. The van der Waals surface area contributed by atoms with Crippen LogP contribution in [0.3, 0.4) is 0 Å². The summed E-state index contributed by atoms with van der Waals surface area (Å²) in [7, 11) is 0. The zero-order valence-corrected chi connectivity index (χ0v) is 10.4. The fourth-order valence-corrected chi connectivity index (χ4v) is 2.70. The van der Waals surface area contributed by atoms with Gasteiger partial charge in [-0.1, -0.05) is 54.6 Å². The van der Waals surface area contributed by atoms with E-state index in [1.54, 1.807) is 0 Å². The molecule has 1 aliphatic carbocycles. The van der Waals surface area contributed by atoms with Crippen molar-refractivity contribution in [3.63, 3.8) is 0 Å². The quantitative estimate of drug-likeness (QED) is 0.616. The SMILES string of the molecule is O=C1C(=CO)CC(c2ccccc2)c2ccccc21. The summed E-state index contributed by atoms with van der Waals surface area (Å²) in [5.41, 5.74) is 3.39. The van der Waals surface area contributed by atoms with E-state index in [-0.39, 0.29) is 11.7 Å². The molecule has 1 N–H and O–H groups in total. The van der Waals surface area contributed by atoms with Crippen LogP contribution in [0.4, 0.5) is 0 Å². The Morgan fingerprint density at radius 1 is 1.00 bits per heavy atom. The molecule has 2 aromatic rings. The Balaban J connectivity index is 2.16. The maximum Gasteiger partial charge on any atom is 0.192 e. The number of aliphatic hydroxyl groups excluding tert-OH is 1. The van der Waals surface area contributed by atoms with Crippen LogP contribution in [-0.2, 0) is 0 Å². The summed E-state index contributed by atoms with van der Waals surface area (Å²) >= 11 is 0. The van der Waals surface area contributed by atoms with Crippen molar-refractivity contribution in [2.24, 2.45) is 0 Å². The highest BCUT2D eigenvalue weighted by Gasteiger charge is 2.29. The van der Waals surface area contributed by atoms with E-state index in [4.69, 9.17) is 0 Å². The van der Waals surface area contributed by atoms with Crippen molar-refractivity contribution in [2.45, 2.75) is 12.3 Å². The maximum atomic E-state index is 12.2. The maximum absolute atomic E-state index is 12.2. The first-order valence-corrected chi connectivity index (χ1v) is 6.33. The Morgan fingerprint density at radius 2 is 1.68 bits per heavy atom. The van der Waals surface area contributed by atoms with Crippen molar-refractivity contribution in [1.82, 2.24) is 0 Å². The van der Waals surface area contributed by atoms with Crippen LogP contribution in [0.25, 0.3) is 0 Å². The summed E-state index contributed by atoms with van der Waals surface area (Å²) < 4.78 is 0. The highest BCUT2D eigenvalue weighted by Crippen LogP contribution is 2.38. The lowest BCUT2D eigenvalue weighted by molar-refractivity contribution is 0.102. The standard InChI is InChI=1S/C17H14O2/c18-11-13-10-16(12-6-2-1-3-7-12)14-8-4-5-9-15(14)17(13)19/h1-9,11,16,18H,10H2. The molecule has 0 aliphatic heterocycles. The molecule has 0 aromatic heterocycles. The van der Waals surface area contributed by atoms with Crippen LogP contribution in [0.15, 0.2) is 66.4 Å². The molecule has 0 saturated carbocycles. The van der Waals surface area contributed by atoms with Crippen molar-refractivity contribution in [3.8, 4) is 0 Å². The third kappa shape index (κ3) is 1.95. The molecule has 0 spiro atoms. The molecule has 1 atom stereocenters. The molecule has 94 valence electrons. The average Bonchev–Trinajstić information content (AvgIpc) is 2.49. The molecule has 19 heavy (non-hydrogen) atoms. The fraction of sp³-hybridized carbons (Fsp3) is 0.118. The van der Waals surface area contributed by atoms with Gasteiger partial charge >= 0.3 is 0 Å². The van der Waals surface area contributed by atoms with E-state index < -0.39 is 0 Å². The summed E-state index contributed by atoms with van der Waals surface area (Å²) in [6.45, 7) is 0. The van der Waals surface area contributed by atoms with Crippen molar-refractivity contribution >= 4 is 5.78 Å². The van der Waals surface area contributed by atoms with Crippen LogP contribution >= 0.6 is 0 Å². The van der Waals surface area contributed by atoms with Crippen molar-refractivity contribution < 1.29 is 9.90 Å². The third-order valence-electron chi connectivity index (χ3n) is 3.65. The van der Waals surface area contributed by atoms with Gasteiger partial charge in [-0.15, -0.1) is 0 Å². The molecule has 0 saturated heterocycles. The first-order chi connectivity index (χ1) is 9.31. The summed E-state index contributed by atoms with van der Waals surface area (Å²) in [6.07, 6.45) is 1.50. The number of carbonyl (C=O) groups is 1. The molecule has 0 radical (unpaired) electrons. The van der Waals surface area contributed by atoms with Gasteiger partial charge in [-0.25, -0.2) is 0 Å². The van der Waals surface area contributed by atoms with Crippen LogP contribution < -0.4 is 0 Å². The van der Waals surface area contributed by atoms with Gasteiger partial charge in [-0.2, -0.15) is 0 Å². The van der Waals surface area contributed by atoms with E-state index >= 15 is 0 Å². The smallest absolute Gasteiger partial charge is 0.192 e.